The quantitative estimate of drug-likeness (QED) is 0.421. The molecule has 8 nitrogen and oxygen atoms in total. The summed E-state index contributed by atoms with van der Waals surface area (Å²) >= 11 is 6.10. The molecule has 1 atom stereocenters. The van der Waals surface area contributed by atoms with E-state index < -0.39 is 36.3 Å². The van der Waals surface area contributed by atoms with Gasteiger partial charge in [-0.1, -0.05) is 72.5 Å². The maximum absolute atomic E-state index is 13.3. The van der Waals surface area contributed by atoms with E-state index in [1.165, 1.54) is 0 Å². The molecule has 10 heteroatoms. The van der Waals surface area contributed by atoms with Gasteiger partial charge in [0.05, 0.1) is 40.7 Å². The average Bonchev–Trinajstić information content (AvgIpc) is 3.19. The number of amides is 2. The fourth-order valence-corrected chi connectivity index (χ4v) is 5.13. The van der Waals surface area contributed by atoms with Crippen molar-refractivity contribution in [2.45, 2.75) is 12.5 Å². The van der Waals surface area contributed by atoms with E-state index in [-0.39, 0.29) is 21.2 Å². The largest absolute Gasteiger partial charge is 0.548 e. The van der Waals surface area contributed by atoms with E-state index in [0.717, 1.165) is 21.6 Å². The van der Waals surface area contributed by atoms with Crippen LogP contribution in [0.4, 0.5) is 5.69 Å². The number of anilines is 1. The summed E-state index contributed by atoms with van der Waals surface area (Å²) in [7, 11) is 0. The number of hydrogen-bond donors (Lipinski definition) is 0. The molecule has 0 N–H and O–H groups in total. The molecular weight excluding hydrogens is 452 g/mol. The summed E-state index contributed by atoms with van der Waals surface area (Å²) in [6.07, 6.45) is -0.0282. The number of carbonyl (C=O) groups is 4. The second-order valence-electron chi connectivity index (χ2n) is 7.05. The highest BCUT2D eigenvalue weighted by Crippen LogP contribution is 2.45. The number of carboxylic acid groups (broad SMARTS) is 2. The monoisotopic (exact) mass is 466 g/mol. The first-order valence-corrected chi connectivity index (χ1v) is 10.7. The number of fused-ring (bicyclic) bond motifs is 1. The summed E-state index contributed by atoms with van der Waals surface area (Å²) in [6, 6.07) is 13.8. The number of aliphatic carboxylic acids is 2. The molecule has 2 aromatic rings. The maximum atomic E-state index is 13.3. The van der Waals surface area contributed by atoms with Crippen molar-refractivity contribution < 1.29 is 29.4 Å². The van der Waals surface area contributed by atoms with Crippen LogP contribution in [0.3, 0.4) is 0 Å². The predicted molar refractivity (Wildman–Crippen MR) is 117 cm³/mol. The molecule has 0 aliphatic carbocycles. The van der Waals surface area contributed by atoms with Gasteiger partial charge in [0.1, 0.15) is 4.32 Å². The van der Waals surface area contributed by atoms with Crippen molar-refractivity contribution in [2.75, 3.05) is 11.4 Å². The average molecular weight is 466 g/mol. The Bertz CT molecular complexity index is 1190. The van der Waals surface area contributed by atoms with Gasteiger partial charge in [0, 0.05) is 5.56 Å². The lowest BCUT2D eigenvalue weighted by Gasteiger charge is -2.27. The summed E-state index contributed by atoms with van der Waals surface area (Å²) in [4.78, 5) is 51.3. The summed E-state index contributed by atoms with van der Waals surface area (Å²) < 4.78 is -0.0220. The minimum absolute atomic E-state index is 0.0153. The zero-order chi connectivity index (χ0) is 23.0. The molecule has 1 fully saturated rings. The SMILES string of the molecule is O=C([O-])CN1C(=O)C(=C2SC(=S)N(C(Cc3ccccc3)C(=O)[O-])C2=O)c2ccccc21. The molecule has 2 amide bonds. The number of carboxylic acids is 2. The summed E-state index contributed by atoms with van der Waals surface area (Å²) in [6.45, 7) is -0.685. The molecule has 0 bridgehead atoms. The third-order valence-corrected chi connectivity index (χ3v) is 6.49. The Morgan fingerprint density at radius 1 is 0.969 bits per heavy atom. The number of para-hydroxylation sites is 1. The van der Waals surface area contributed by atoms with Crippen molar-refractivity contribution in [3.63, 3.8) is 0 Å². The van der Waals surface area contributed by atoms with E-state index in [9.17, 15) is 29.4 Å². The predicted octanol–water partition coefficient (Wildman–Crippen LogP) is -0.284. The van der Waals surface area contributed by atoms with Crippen LogP contribution in [-0.4, -0.2) is 45.6 Å². The standard InChI is InChI=1S/C22H16N2O6S2/c25-16(26)11-23-14-9-5-4-8-13(14)17(19(23)27)18-20(28)24(22(31)32-18)15(21(29)30)10-12-6-2-1-3-7-12/h1-9,15H,10-11H2,(H,25,26)(H,29,30)/p-2. The summed E-state index contributed by atoms with van der Waals surface area (Å²) in [5.74, 6) is -4.36. The molecular formula is C22H14N2O6S2-2. The van der Waals surface area contributed by atoms with Crippen LogP contribution in [0.1, 0.15) is 11.1 Å². The fraction of sp³-hybridized carbons (Fsp3) is 0.136. The highest BCUT2D eigenvalue weighted by molar-refractivity contribution is 8.26. The number of hydrogen-bond acceptors (Lipinski definition) is 8. The molecule has 2 aromatic carbocycles. The highest BCUT2D eigenvalue weighted by Gasteiger charge is 2.44. The Kier molecular flexibility index (Phi) is 5.81. The third kappa shape index (κ3) is 3.78. The summed E-state index contributed by atoms with van der Waals surface area (Å²) in [5.41, 5.74) is 1.35. The van der Waals surface area contributed by atoms with Crippen LogP contribution < -0.4 is 15.1 Å². The summed E-state index contributed by atoms with van der Waals surface area (Å²) in [5, 5.41) is 23.1. The molecule has 4 rings (SSSR count). The second-order valence-corrected chi connectivity index (χ2v) is 8.70. The van der Waals surface area contributed by atoms with Crippen LogP contribution in [0.2, 0.25) is 0 Å². The highest BCUT2D eigenvalue weighted by atomic mass is 32.2. The van der Waals surface area contributed by atoms with Crippen molar-refractivity contribution in [2.24, 2.45) is 0 Å². The van der Waals surface area contributed by atoms with Gasteiger partial charge in [0.2, 0.25) is 0 Å². The zero-order valence-corrected chi connectivity index (χ0v) is 18.0. The normalized spacial score (nSPS) is 18.8. The minimum atomic E-state index is -1.48. The molecule has 2 aliphatic rings. The molecule has 0 radical (unpaired) electrons. The number of thioether (sulfide) groups is 1. The van der Waals surface area contributed by atoms with Gasteiger partial charge in [-0.05, 0) is 18.1 Å². The second kappa shape index (κ2) is 8.56. The van der Waals surface area contributed by atoms with Gasteiger partial charge in [-0.2, -0.15) is 0 Å². The van der Waals surface area contributed by atoms with Crippen molar-refractivity contribution >= 4 is 63.3 Å². The van der Waals surface area contributed by atoms with E-state index >= 15 is 0 Å². The molecule has 162 valence electrons. The molecule has 32 heavy (non-hydrogen) atoms. The van der Waals surface area contributed by atoms with Crippen molar-refractivity contribution in [1.29, 1.82) is 0 Å². The Balaban J connectivity index is 1.75. The van der Waals surface area contributed by atoms with E-state index in [1.807, 2.05) is 0 Å². The molecule has 2 aliphatic heterocycles. The van der Waals surface area contributed by atoms with Crippen LogP contribution in [0, 0.1) is 0 Å². The minimum Gasteiger partial charge on any atom is -0.548 e. The first-order chi connectivity index (χ1) is 15.3. The number of carbonyl (C=O) groups excluding carboxylic acids is 4. The van der Waals surface area contributed by atoms with Crippen LogP contribution in [0.15, 0.2) is 59.5 Å². The lowest BCUT2D eigenvalue weighted by molar-refractivity contribution is -0.310. The number of rotatable bonds is 6. The van der Waals surface area contributed by atoms with Crippen LogP contribution in [-0.2, 0) is 25.6 Å². The smallest absolute Gasteiger partial charge is 0.267 e. The van der Waals surface area contributed by atoms with Crippen molar-refractivity contribution in [3.05, 3.63) is 70.6 Å². The number of thiocarbonyl (C=S) groups is 1. The molecule has 1 saturated heterocycles. The Hall–Kier alpha value is -3.50. The van der Waals surface area contributed by atoms with Gasteiger partial charge in [-0.25, -0.2) is 0 Å². The van der Waals surface area contributed by atoms with E-state index in [4.69, 9.17) is 12.2 Å². The first kappa shape index (κ1) is 21.7. The zero-order valence-electron chi connectivity index (χ0n) is 16.3. The van der Waals surface area contributed by atoms with E-state index in [2.05, 4.69) is 0 Å². The maximum Gasteiger partial charge on any atom is 0.267 e. The van der Waals surface area contributed by atoms with Gasteiger partial charge in [-0.3, -0.25) is 14.5 Å². The Labute approximate surface area is 192 Å². The number of nitrogens with zero attached hydrogens (tertiary/aromatic N) is 2. The molecule has 0 saturated carbocycles. The van der Waals surface area contributed by atoms with E-state index in [1.54, 1.807) is 54.6 Å². The van der Waals surface area contributed by atoms with Gasteiger partial charge in [0.15, 0.2) is 0 Å². The van der Waals surface area contributed by atoms with Gasteiger partial charge in [-0.15, -0.1) is 0 Å². The van der Waals surface area contributed by atoms with Crippen LogP contribution >= 0.6 is 24.0 Å². The molecule has 0 spiro atoms. The Morgan fingerprint density at radius 3 is 2.28 bits per heavy atom. The number of benzene rings is 2. The first-order valence-electron chi connectivity index (χ1n) is 9.45. The fourth-order valence-electron chi connectivity index (χ4n) is 3.70. The van der Waals surface area contributed by atoms with Gasteiger partial charge in [0.25, 0.3) is 11.8 Å². The lowest BCUT2D eigenvalue weighted by Crippen LogP contribution is -2.51. The Morgan fingerprint density at radius 2 is 1.62 bits per heavy atom. The third-order valence-electron chi connectivity index (χ3n) is 5.09. The van der Waals surface area contributed by atoms with Crippen LogP contribution in [0.25, 0.3) is 5.57 Å². The van der Waals surface area contributed by atoms with Gasteiger partial charge < -0.3 is 24.7 Å². The molecule has 2 heterocycles. The molecule has 1 unspecified atom stereocenters. The van der Waals surface area contributed by atoms with Gasteiger partial charge >= 0.3 is 0 Å². The molecule has 0 aromatic heterocycles. The lowest BCUT2D eigenvalue weighted by atomic mass is 10.0. The van der Waals surface area contributed by atoms with E-state index in [0.29, 0.717) is 16.8 Å². The van der Waals surface area contributed by atoms with Crippen LogP contribution in [0.5, 0.6) is 0 Å². The van der Waals surface area contributed by atoms with Crippen molar-refractivity contribution in [3.8, 4) is 0 Å². The van der Waals surface area contributed by atoms with Crippen molar-refractivity contribution in [1.82, 2.24) is 4.90 Å². The topological polar surface area (TPSA) is 121 Å².